The zero-order valence-corrected chi connectivity index (χ0v) is 11.3. The maximum atomic E-state index is 12.3. The highest BCUT2D eigenvalue weighted by molar-refractivity contribution is 5.77. The quantitative estimate of drug-likeness (QED) is 0.817. The van der Waals surface area contributed by atoms with Gasteiger partial charge in [-0.15, -0.1) is 0 Å². The predicted molar refractivity (Wildman–Crippen MR) is 66.5 cm³/mol. The zero-order chi connectivity index (χ0) is 13.7. The van der Waals surface area contributed by atoms with Crippen molar-refractivity contribution >= 4 is 12.0 Å². The minimum Gasteiger partial charge on any atom is -0.479 e. The number of nitrogens with zero attached hydrogens (tertiary/aromatic N) is 2. The molecule has 1 aliphatic heterocycles. The van der Waals surface area contributed by atoms with Crippen LogP contribution in [0.4, 0.5) is 4.79 Å². The number of carboxylic acids is 1. The van der Waals surface area contributed by atoms with Crippen LogP contribution in [0.25, 0.3) is 0 Å². The molecule has 6 nitrogen and oxygen atoms in total. The molecule has 0 aliphatic carbocycles. The summed E-state index contributed by atoms with van der Waals surface area (Å²) >= 11 is 0. The summed E-state index contributed by atoms with van der Waals surface area (Å²) in [6, 6.07) is 0.0648. The number of carboxylic acid groups (broad SMARTS) is 1. The topological polar surface area (TPSA) is 70.1 Å². The molecule has 1 rings (SSSR count). The van der Waals surface area contributed by atoms with E-state index in [0.29, 0.717) is 13.1 Å². The summed E-state index contributed by atoms with van der Waals surface area (Å²) in [5.74, 6) is -1.01. The fraction of sp³-hybridized carbons (Fsp3) is 0.833. The lowest BCUT2D eigenvalue weighted by Crippen LogP contribution is -2.54. The molecule has 0 aromatic carbocycles. The first-order valence-corrected chi connectivity index (χ1v) is 6.41. The van der Waals surface area contributed by atoms with Crippen LogP contribution in [0, 0.1) is 0 Å². The molecule has 0 bridgehead atoms. The number of urea groups is 1. The van der Waals surface area contributed by atoms with Crippen LogP contribution in [0.2, 0.25) is 0 Å². The second kappa shape index (κ2) is 6.58. The number of aliphatic carboxylic acids is 1. The summed E-state index contributed by atoms with van der Waals surface area (Å²) in [5, 5.41) is 8.91. The predicted octanol–water partition coefficient (Wildman–Crippen LogP) is 1.01. The molecule has 0 aromatic heterocycles. The van der Waals surface area contributed by atoms with E-state index in [9.17, 15) is 9.59 Å². The van der Waals surface area contributed by atoms with Gasteiger partial charge in [0.25, 0.3) is 0 Å². The molecule has 1 N–H and O–H groups in total. The number of hydrogen-bond acceptors (Lipinski definition) is 3. The highest BCUT2D eigenvalue weighted by Crippen LogP contribution is 2.12. The molecular formula is C12H22N2O4. The third-order valence-electron chi connectivity index (χ3n) is 3.32. The number of ether oxygens (including phenoxy) is 1. The highest BCUT2D eigenvalue weighted by Gasteiger charge is 2.31. The first-order chi connectivity index (χ1) is 8.51. The second-order valence-electron chi connectivity index (χ2n) is 4.47. The van der Waals surface area contributed by atoms with Gasteiger partial charge in [0.1, 0.15) is 0 Å². The van der Waals surface area contributed by atoms with Crippen molar-refractivity contribution in [1.82, 2.24) is 9.80 Å². The fourth-order valence-electron chi connectivity index (χ4n) is 2.01. The van der Waals surface area contributed by atoms with E-state index in [4.69, 9.17) is 9.84 Å². The van der Waals surface area contributed by atoms with Gasteiger partial charge < -0.3 is 19.6 Å². The van der Waals surface area contributed by atoms with Crippen LogP contribution in [0.5, 0.6) is 0 Å². The highest BCUT2D eigenvalue weighted by atomic mass is 16.5. The normalized spacial score (nSPS) is 21.5. The van der Waals surface area contributed by atoms with Crippen molar-refractivity contribution in [2.24, 2.45) is 0 Å². The van der Waals surface area contributed by atoms with E-state index in [2.05, 4.69) is 0 Å². The van der Waals surface area contributed by atoms with E-state index in [-0.39, 0.29) is 25.2 Å². The van der Waals surface area contributed by atoms with Gasteiger partial charge in [0.05, 0.1) is 13.2 Å². The molecule has 0 radical (unpaired) electrons. The lowest BCUT2D eigenvalue weighted by molar-refractivity contribution is -0.154. The monoisotopic (exact) mass is 258 g/mol. The van der Waals surface area contributed by atoms with E-state index in [1.165, 1.54) is 0 Å². The SMILES string of the molecule is CCC(C)N(CC)C(=O)N1CCOC(C(=O)O)C1. The van der Waals surface area contributed by atoms with Crippen molar-refractivity contribution in [3.05, 3.63) is 0 Å². The van der Waals surface area contributed by atoms with Gasteiger partial charge in [0, 0.05) is 19.1 Å². The lowest BCUT2D eigenvalue weighted by Gasteiger charge is -2.37. The van der Waals surface area contributed by atoms with Gasteiger partial charge in [-0.25, -0.2) is 9.59 Å². The standard InChI is InChI=1S/C12H22N2O4/c1-4-9(3)14(5-2)12(17)13-6-7-18-10(8-13)11(15)16/h9-10H,4-8H2,1-3H3,(H,15,16). The fourth-order valence-corrected chi connectivity index (χ4v) is 2.01. The molecule has 2 atom stereocenters. The van der Waals surface area contributed by atoms with Crippen molar-refractivity contribution < 1.29 is 19.4 Å². The number of carbonyl (C=O) groups is 2. The van der Waals surface area contributed by atoms with Crippen molar-refractivity contribution in [3.8, 4) is 0 Å². The molecule has 1 saturated heterocycles. The average Bonchev–Trinajstić information content (AvgIpc) is 2.39. The Morgan fingerprint density at radius 3 is 2.67 bits per heavy atom. The number of rotatable bonds is 4. The van der Waals surface area contributed by atoms with Crippen molar-refractivity contribution in [3.63, 3.8) is 0 Å². The van der Waals surface area contributed by atoms with Gasteiger partial charge in [-0.1, -0.05) is 6.92 Å². The maximum Gasteiger partial charge on any atom is 0.334 e. The summed E-state index contributed by atoms with van der Waals surface area (Å²) in [6.45, 7) is 7.44. The van der Waals surface area contributed by atoms with Crippen molar-refractivity contribution in [1.29, 1.82) is 0 Å². The number of hydrogen-bond donors (Lipinski definition) is 1. The lowest BCUT2D eigenvalue weighted by atomic mass is 10.2. The van der Waals surface area contributed by atoms with Gasteiger partial charge >= 0.3 is 12.0 Å². The Labute approximate surface area is 107 Å². The van der Waals surface area contributed by atoms with Gasteiger partial charge in [-0.2, -0.15) is 0 Å². The Balaban J connectivity index is 2.67. The Bertz CT molecular complexity index is 308. The molecule has 0 saturated carbocycles. The van der Waals surface area contributed by atoms with Gasteiger partial charge in [0.2, 0.25) is 0 Å². The summed E-state index contributed by atoms with van der Waals surface area (Å²) < 4.78 is 5.11. The smallest absolute Gasteiger partial charge is 0.334 e. The Morgan fingerprint density at radius 2 is 2.17 bits per heavy atom. The Hall–Kier alpha value is -1.30. The average molecular weight is 258 g/mol. The molecule has 0 aromatic rings. The number of amides is 2. The van der Waals surface area contributed by atoms with Crippen LogP contribution in [0.3, 0.4) is 0 Å². The third kappa shape index (κ3) is 3.35. The van der Waals surface area contributed by atoms with E-state index in [1.807, 2.05) is 20.8 Å². The van der Waals surface area contributed by atoms with Gasteiger partial charge in [0.15, 0.2) is 6.10 Å². The first-order valence-electron chi connectivity index (χ1n) is 6.41. The molecular weight excluding hydrogens is 236 g/mol. The van der Waals surface area contributed by atoms with Crippen LogP contribution in [0.15, 0.2) is 0 Å². The van der Waals surface area contributed by atoms with E-state index >= 15 is 0 Å². The summed E-state index contributed by atoms with van der Waals surface area (Å²) in [6.07, 6.45) is -0.0231. The third-order valence-corrected chi connectivity index (χ3v) is 3.32. The minimum atomic E-state index is -1.01. The molecule has 6 heteroatoms. The van der Waals surface area contributed by atoms with Crippen LogP contribution < -0.4 is 0 Å². The maximum absolute atomic E-state index is 12.3. The number of carbonyl (C=O) groups excluding carboxylic acids is 1. The molecule has 1 heterocycles. The molecule has 1 aliphatic rings. The molecule has 0 spiro atoms. The minimum absolute atomic E-state index is 0.0959. The van der Waals surface area contributed by atoms with Gasteiger partial charge in [-0.05, 0) is 20.3 Å². The molecule has 1 fully saturated rings. The summed E-state index contributed by atoms with van der Waals surface area (Å²) in [7, 11) is 0. The Morgan fingerprint density at radius 1 is 1.50 bits per heavy atom. The first kappa shape index (κ1) is 14.8. The van der Waals surface area contributed by atoms with Crippen LogP contribution >= 0.6 is 0 Å². The molecule has 2 unspecified atom stereocenters. The molecule has 104 valence electrons. The number of morpholine rings is 1. The zero-order valence-electron chi connectivity index (χ0n) is 11.3. The van der Waals surface area contributed by atoms with Crippen molar-refractivity contribution in [2.45, 2.75) is 39.3 Å². The van der Waals surface area contributed by atoms with Crippen LogP contribution in [-0.2, 0) is 9.53 Å². The summed E-state index contributed by atoms with van der Waals surface area (Å²) in [4.78, 5) is 26.5. The van der Waals surface area contributed by atoms with E-state index in [1.54, 1.807) is 9.80 Å². The Kier molecular flexibility index (Phi) is 5.40. The van der Waals surface area contributed by atoms with Crippen molar-refractivity contribution in [2.75, 3.05) is 26.2 Å². The molecule has 2 amide bonds. The second-order valence-corrected chi connectivity index (χ2v) is 4.47. The molecule has 18 heavy (non-hydrogen) atoms. The largest absolute Gasteiger partial charge is 0.479 e. The summed E-state index contributed by atoms with van der Waals surface area (Å²) in [5.41, 5.74) is 0. The van der Waals surface area contributed by atoms with E-state index < -0.39 is 12.1 Å². The van der Waals surface area contributed by atoms with Crippen LogP contribution in [-0.4, -0.2) is 65.3 Å². The van der Waals surface area contributed by atoms with E-state index in [0.717, 1.165) is 6.42 Å². The van der Waals surface area contributed by atoms with Gasteiger partial charge in [-0.3, -0.25) is 0 Å². The van der Waals surface area contributed by atoms with Crippen LogP contribution in [0.1, 0.15) is 27.2 Å².